The van der Waals surface area contributed by atoms with E-state index in [4.69, 9.17) is 14.2 Å². The van der Waals surface area contributed by atoms with Crippen LogP contribution in [-0.4, -0.2) is 45.1 Å². The summed E-state index contributed by atoms with van der Waals surface area (Å²) >= 11 is 0. The second-order valence-electron chi connectivity index (χ2n) is 5.81. The molecule has 1 unspecified atom stereocenters. The molecule has 4 heteroatoms. The number of quaternary nitrogens is 1. The molecule has 0 aliphatic carbocycles. The van der Waals surface area contributed by atoms with Gasteiger partial charge in [0.25, 0.3) is 0 Å². The minimum Gasteiger partial charge on any atom is -0.490 e. The molecular formula is C17H28NO3+. The molecule has 0 amide bonds. The highest BCUT2D eigenvalue weighted by molar-refractivity contribution is 5.39. The molecule has 1 aliphatic rings. The Hall–Kier alpha value is -1.26. The standard InChI is InChI=1S/C17H27NO3/c1-4-10-19-16-7-5-6-8-17(16)20-11-9-18-12-14(2)21-15(3)13-18/h5-8,14-15H,4,9-13H2,1-3H3/p+1/t14-,15+. The van der Waals surface area contributed by atoms with Gasteiger partial charge in [0.05, 0.1) is 6.61 Å². The summed E-state index contributed by atoms with van der Waals surface area (Å²) in [4.78, 5) is 1.55. The van der Waals surface area contributed by atoms with Crippen LogP contribution in [0.3, 0.4) is 0 Å². The van der Waals surface area contributed by atoms with Crippen molar-refractivity contribution in [3.8, 4) is 11.5 Å². The van der Waals surface area contributed by atoms with E-state index in [1.54, 1.807) is 4.90 Å². The topological polar surface area (TPSA) is 32.1 Å². The van der Waals surface area contributed by atoms with Gasteiger partial charge in [0, 0.05) is 0 Å². The summed E-state index contributed by atoms with van der Waals surface area (Å²) in [7, 11) is 0. The van der Waals surface area contributed by atoms with Crippen LogP contribution in [0.5, 0.6) is 11.5 Å². The average molecular weight is 294 g/mol. The third-order valence-corrected chi connectivity index (χ3v) is 3.64. The van der Waals surface area contributed by atoms with Crippen molar-refractivity contribution in [2.45, 2.75) is 39.4 Å². The molecule has 0 radical (unpaired) electrons. The maximum Gasteiger partial charge on any atom is 0.161 e. The minimum atomic E-state index is 0.337. The van der Waals surface area contributed by atoms with Gasteiger partial charge in [-0.25, -0.2) is 0 Å². The molecule has 0 aromatic heterocycles. The van der Waals surface area contributed by atoms with Crippen LogP contribution in [-0.2, 0) is 4.74 Å². The van der Waals surface area contributed by atoms with Crippen molar-refractivity contribution < 1.29 is 19.1 Å². The van der Waals surface area contributed by atoms with E-state index in [1.165, 1.54) is 0 Å². The van der Waals surface area contributed by atoms with Gasteiger partial charge >= 0.3 is 0 Å². The molecule has 1 saturated heterocycles. The van der Waals surface area contributed by atoms with E-state index < -0.39 is 0 Å². The highest BCUT2D eigenvalue weighted by Crippen LogP contribution is 2.26. The van der Waals surface area contributed by atoms with Crippen LogP contribution in [0.15, 0.2) is 24.3 Å². The van der Waals surface area contributed by atoms with Crippen LogP contribution in [0, 0.1) is 0 Å². The van der Waals surface area contributed by atoms with Gasteiger partial charge in [-0.05, 0) is 32.4 Å². The van der Waals surface area contributed by atoms with Gasteiger partial charge in [-0.1, -0.05) is 19.1 Å². The zero-order valence-electron chi connectivity index (χ0n) is 13.4. The molecule has 0 saturated carbocycles. The van der Waals surface area contributed by atoms with Crippen molar-refractivity contribution in [3.05, 3.63) is 24.3 Å². The number of benzene rings is 1. The fourth-order valence-electron chi connectivity index (χ4n) is 2.80. The second kappa shape index (κ2) is 8.25. The molecular weight excluding hydrogens is 266 g/mol. The summed E-state index contributed by atoms with van der Waals surface area (Å²) in [5.41, 5.74) is 0. The second-order valence-corrected chi connectivity index (χ2v) is 5.81. The summed E-state index contributed by atoms with van der Waals surface area (Å²) < 4.78 is 17.4. The first-order chi connectivity index (χ1) is 10.2. The van der Waals surface area contributed by atoms with Crippen LogP contribution in [0.4, 0.5) is 0 Å². The predicted molar refractivity (Wildman–Crippen MR) is 83.3 cm³/mol. The number of nitrogens with one attached hydrogen (secondary N) is 1. The number of morpholine rings is 1. The molecule has 118 valence electrons. The Kier molecular flexibility index (Phi) is 6.33. The summed E-state index contributed by atoms with van der Waals surface area (Å²) in [6.07, 6.45) is 1.68. The number of hydrogen-bond donors (Lipinski definition) is 1. The molecule has 0 spiro atoms. The van der Waals surface area contributed by atoms with Crippen LogP contribution in [0.1, 0.15) is 27.2 Å². The maximum absolute atomic E-state index is 5.92. The van der Waals surface area contributed by atoms with Crippen molar-refractivity contribution in [1.29, 1.82) is 0 Å². The molecule has 1 aromatic rings. The van der Waals surface area contributed by atoms with E-state index in [1.807, 2.05) is 24.3 Å². The molecule has 2 rings (SSSR count). The minimum absolute atomic E-state index is 0.337. The van der Waals surface area contributed by atoms with Crippen LogP contribution < -0.4 is 14.4 Å². The van der Waals surface area contributed by atoms with E-state index in [0.29, 0.717) is 18.8 Å². The number of rotatable bonds is 7. The summed E-state index contributed by atoms with van der Waals surface area (Å²) in [5, 5.41) is 0. The lowest BCUT2D eigenvalue weighted by molar-refractivity contribution is -0.915. The van der Waals surface area contributed by atoms with Gasteiger partial charge in [0.15, 0.2) is 11.5 Å². The zero-order chi connectivity index (χ0) is 15.1. The van der Waals surface area contributed by atoms with E-state index in [-0.39, 0.29) is 0 Å². The van der Waals surface area contributed by atoms with E-state index >= 15 is 0 Å². The lowest BCUT2D eigenvalue weighted by Crippen LogP contribution is -3.16. The Labute approximate surface area is 128 Å². The van der Waals surface area contributed by atoms with Gasteiger partial charge < -0.3 is 19.1 Å². The highest BCUT2D eigenvalue weighted by Gasteiger charge is 2.25. The van der Waals surface area contributed by atoms with E-state index in [9.17, 15) is 0 Å². The van der Waals surface area contributed by atoms with Gasteiger partial charge in [-0.3, -0.25) is 0 Å². The zero-order valence-corrected chi connectivity index (χ0v) is 13.4. The number of para-hydroxylation sites is 2. The molecule has 21 heavy (non-hydrogen) atoms. The van der Waals surface area contributed by atoms with Crippen molar-refractivity contribution >= 4 is 0 Å². The Balaban J connectivity index is 1.80. The molecule has 1 aromatic carbocycles. The summed E-state index contributed by atoms with van der Waals surface area (Å²) in [6, 6.07) is 7.91. The van der Waals surface area contributed by atoms with Crippen LogP contribution >= 0.6 is 0 Å². The molecule has 1 fully saturated rings. The summed E-state index contributed by atoms with van der Waals surface area (Å²) in [6.45, 7) is 10.9. The molecule has 1 N–H and O–H groups in total. The van der Waals surface area contributed by atoms with Gasteiger partial charge in [0.2, 0.25) is 0 Å². The van der Waals surface area contributed by atoms with Crippen molar-refractivity contribution in [2.75, 3.05) is 32.8 Å². The van der Waals surface area contributed by atoms with Crippen molar-refractivity contribution in [2.24, 2.45) is 0 Å². The normalized spacial score (nSPS) is 25.6. The van der Waals surface area contributed by atoms with Gasteiger partial charge in [0.1, 0.15) is 38.4 Å². The third kappa shape index (κ3) is 5.21. The third-order valence-electron chi connectivity index (χ3n) is 3.64. The average Bonchev–Trinajstić information content (AvgIpc) is 2.45. The van der Waals surface area contributed by atoms with Crippen molar-refractivity contribution in [1.82, 2.24) is 0 Å². The predicted octanol–water partition coefficient (Wildman–Crippen LogP) is 1.55. The first kappa shape index (κ1) is 16.1. The van der Waals surface area contributed by atoms with Crippen molar-refractivity contribution in [3.63, 3.8) is 0 Å². The Morgan fingerprint density at radius 2 is 1.62 bits per heavy atom. The lowest BCUT2D eigenvalue weighted by Gasteiger charge is -2.32. The Morgan fingerprint density at radius 1 is 1.05 bits per heavy atom. The molecule has 0 bridgehead atoms. The number of hydrogen-bond acceptors (Lipinski definition) is 3. The first-order valence-electron chi connectivity index (χ1n) is 8.02. The van der Waals surface area contributed by atoms with Crippen LogP contribution in [0.2, 0.25) is 0 Å². The molecule has 3 atom stereocenters. The quantitative estimate of drug-likeness (QED) is 0.828. The summed E-state index contributed by atoms with van der Waals surface area (Å²) in [5.74, 6) is 1.69. The Bertz CT molecular complexity index is 414. The maximum atomic E-state index is 5.92. The number of ether oxygens (including phenoxy) is 3. The first-order valence-corrected chi connectivity index (χ1v) is 8.02. The Morgan fingerprint density at radius 3 is 2.19 bits per heavy atom. The fourth-order valence-corrected chi connectivity index (χ4v) is 2.80. The lowest BCUT2D eigenvalue weighted by atomic mass is 10.2. The molecule has 4 nitrogen and oxygen atoms in total. The fraction of sp³-hybridized carbons (Fsp3) is 0.647. The molecule has 1 heterocycles. The molecule has 1 aliphatic heterocycles. The largest absolute Gasteiger partial charge is 0.490 e. The van der Waals surface area contributed by atoms with Crippen LogP contribution in [0.25, 0.3) is 0 Å². The monoisotopic (exact) mass is 294 g/mol. The SMILES string of the molecule is CCCOc1ccccc1OCC[NH+]1C[C@@H](C)O[C@@H](C)C1. The van der Waals surface area contributed by atoms with E-state index in [2.05, 4.69) is 20.8 Å². The van der Waals surface area contributed by atoms with Gasteiger partial charge in [-0.2, -0.15) is 0 Å². The van der Waals surface area contributed by atoms with E-state index in [0.717, 1.165) is 44.2 Å². The highest BCUT2D eigenvalue weighted by atomic mass is 16.5. The smallest absolute Gasteiger partial charge is 0.161 e. The van der Waals surface area contributed by atoms with Gasteiger partial charge in [-0.15, -0.1) is 0 Å².